The van der Waals surface area contributed by atoms with Gasteiger partial charge in [-0.1, -0.05) is 115 Å². The zero-order valence-electron chi connectivity index (χ0n) is 29.8. The van der Waals surface area contributed by atoms with Gasteiger partial charge in [-0.2, -0.15) is 0 Å². The van der Waals surface area contributed by atoms with Gasteiger partial charge in [-0.15, -0.1) is 0 Å². The van der Waals surface area contributed by atoms with Gasteiger partial charge in [-0.3, -0.25) is 14.5 Å². The number of aromatic nitrogens is 4. The van der Waals surface area contributed by atoms with Gasteiger partial charge in [0.15, 0.2) is 0 Å². The largest absolute Gasteiger partial charge is 0.294 e. The molecule has 4 heteroatoms. The molecule has 0 spiro atoms. The minimum atomic E-state index is -0.0540. The lowest BCUT2D eigenvalue weighted by atomic mass is 9.73. The van der Waals surface area contributed by atoms with E-state index in [-0.39, 0.29) is 16.2 Å². The number of hydrogen-bond acceptors (Lipinski definition) is 3. The molecule has 4 nitrogen and oxygen atoms in total. The van der Waals surface area contributed by atoms with Gasteiger partial charge in [0.05, 0.1) is 16.7 Å². The van der Waals surface area contributed by atoms with Crippen molar-refractivity contribution >= 4 is 21.8 Å². The van der Waals surface area contributed by atoms with E-state index >= 15 is 0 Å². The van der Waals surface area contributed by atoms with Crippen LogP contribution >= 0.6 is 0 Å². The average Bonchev–Trinajstić information content (AvgIpc) is 3.45. The van der Waals surface area contributed by atoms with Gasteiger partial charge in [0.1, 0.15) is 5.82 Å². The number of pyridine rings is 3. The minimum absolute atomic E-state index is 0.00890. The van der Waals surface area contributed by atoms with Crippen LogP contribution in [-0.4, -0.2) is 19.5 Å². The van der Waals surface area contributed by atoms with Crippen LogP contribution in [0.3, 0.4) is 0 Å². The fourth-order valence-electron chi connectivity index (χ4n) is 6.82. The molecule has 7 aromatic rings. The number of rotatable bonds is 8. The molecule has 0 saturated carbocycles. The lowest BCUT2D eigenvalue weighted by Crippen LogP contribution is -2.24. The number of fused-ring (bicyclic) bond motifs is 3. The number of benzene rings is 3. The standard InChI is InChI=1S/C45H46N4/c1-43(2,3)41-18-13-19-42(48-41)49-39-17-12-11-16-36(39)37-27-32(20-23-40(37)49)33-26-35(29-46-28-33)45(6,7)25-24-44(4,5)34-21-22-38(47-30-34)31-14-9-8-10-15-31/h8-23,26-30H,24-25H2,1-7H3. The molecule has 3 aromatic carbocycles. The van der Waals surface area contributed by atoms with Crippen LogP contribution in [0.25, 0.3) is 50.0 Å². The Morgan fingerprint density at radius 2 is 1.24 bits per heavy atom. The summed E-state index contributed by atoms with van der Waals surface area (Å²) < 4.78 is 2.30. The molecule has 0 bridgehead atoms. The van der Waals surface area contributed by atoms with Crippen molar-refractivity contribution in [2.45, 2.75) is 77.6 Å². The van der Waals surface area contributed by atoms with E-state index in [0.29, 0.717) is 0 Å². The summed E-state index contributed by atoms with van der Waals surface area (Å²) in [4.78, 5) is 14.7. The Balaban J connectivity index is 1.17. The first-order chi connectivity index (χ1) is 23.4. The second-order valence-electron chi connectivity index (χ2n) is 15.7. The van der Waals surface area contributed by atoms with Gasteiger partial charge >= 0.3 is 0 Å². The van der Waals surface area contributed by atoms with Crippen LogP contribution in [0.1, 0.15) is 78.1 Å². The summed E-state index contributed by atoms with van der Waals surface area (Å²) in [5, 5.41) is 2.44. The van der Waals surface area contributed by atoms with E-state index in [1.807, 2.05) is 18.5 Å². The van der Waals surface area contributed by atoms with E-state index < -0.39 is 0 Å². The van der Waals surface area contributed by atoms with Crippen molar-refractivity contribution in [3.05, 3.63) is 145 Å². The van der Waals surface area contributed by atoms with Gasteiger partial charge < -0.3 is 0 Å². The Hall–Kier alpha value is -5.09. The maximum absolute atomic E-state index is 5.13. The van der Waals surface area contributed by atoms with Crippen molar-refractivity contribution in [1.82, 2.24) is 19.5 Å². The Morgan fingerprint density at radius 3 is 1.98 bits per heavy atom. The van der Waals surface area contributed by atoms with Crippen molar-refractivity contribution < 1.29 is 0 Å². The van der Waals surface area contributed by atoms with Gasteiger partial charge in [-0.05, 0) is 82.8 Å². The maximum atomic E-state index is 5.13. The van der Waals surface area contributed by atoms with E-state index in [4.69, 9.17) is 15.0 Å². The molecule has 246 valence electrons. The Morgan fingerprint density at radius 1 is 0.531 bits per heavy atom. The molecular formula is C45H46N4. The van der Waals surface area contributed by atoms with Crippen LogP contribution in [0.15, 0.2) is 128 Å². The van der Waals surface area contributed by atoms with Crippen LogP contribution in [0.4, 0.5) is 0 Å². The third-order valence-corrected chi connectivity index (χ3v) is 10.2. The van der Waals surface area contributed by atoms with Crippen LogP contribution in [0.5, 0.6) is 0 Å². The smallest absolute Gasteiger partial charge is 0.137 e. The highest BCUT2D eigenvalue weighted by Gasteiger charge is 2.28. The Bertz CT molecular complexity index is 2250. The van der Waals surface area contributed by atoms with Crippen molar-refractivity contribution in [2.75, 3.05) is 0 Å². The normalized spacial score (nSPS) is 12.6. The second kappa shape index (κ2) is 12.4. The molecule has 0 unspecified atom stereocenters. The molecular weight excluding hydrogens is 597 g/mol. The highest BCUT2D eigenvalue weighted by Crippen LogP contribution is 2.39. The average molecular weight is 643 g/mol. The Labute approximate surface area is 290 Å². The first-order valence-corrected chi connectivity index (χ1v) is 17.4. The molecule has 4 heterocycles. The van der Waals surface area contributed by atoms with E-state index in [1.54, 1.807) is 0 Å². The summed E-state index contributed by atoms with van der Waals surface area (Å²) in [7, 11) is 0. The van der Waals surface area contributed by atoms with Crippen molar-refractivity contribution in [2.24, 2.45) is 0 Å². The molecule has 0 aliphatic heterocycles. The lowest BCUT2D eigenvalue weighted by Gasteiger charge is -2.32. The molecule has 7 rings (SSSR count). The van der Waals surface area contributed by atoms with E-state index in [9.17, 15) is 0 Å². The molecule has 0 saturated heterocycles. The third-order valence-electron chi connectivity index (χ3n) is 10.2. The molecule has 4 aromatic heterocycles. The van der Waals surface area contributed by atoms with Crippen LogP contribution in [-0.2, 0) is 16.2 Å². The molecule has 49 heavy (non-hydrogen) atoms. The number of para-hydroxylation sites is 1. The van der Waals surface area contributed by atoms with Gasteiger partial charge in [0.25, 0.3) is 0 Å². The highest BCUT2D eigenvalue weighted by atomic mass is 15.1. The first kappa shape index (κ1) is 32.5. The van der Waals surface area contributed by atoms with Gasteiger partial charge in [-0.25, -0.2) is 4.98 Å². The monoisotopic (exact) mass is 642 g/mol. The summed E-state index contributed by atoms with van der Waals surface area (Å²) in [6.07, 6.45) is 8.16. The zero-order valence-corrected chi connectivity index (χ0v) is 29.8. The van der Waals surface area contributed by atoms with E-state index in [2.05, 4.69) is 162 Å². The molecule has 0 aliphatic rings. The molecule has 0 radical (unpaired) electrons. The second-order valence-corrected chi connectivity index (χ2v) is 15.7. The fraction of sp³-hybridized carbons (Fsp3) is 0.267. The predicted octanol–water partition coefficient (Wildman–Crippen LogP) is 11.6. The number of hydrogen-bond donors (Lipinski definition) is 0. The van der Waals surface area contributed by atoms with Gasteiger partial charge in [0.2, 0.25) is 0 Å². The summed E-state index contributed by atoms with van der Waals surface area (Å²) in [5.41, 5.74) is 10.3. The van der Waals surface area contributed by atoms with Crippen molar-refractivity contribution in [1.29, 1.82) is 0 Å². The molecule has 0 N–H and O–H groups in total. The summed E-state index contributed by atoms with van der Waals surface area (Å²) in [5.74, 6) is 0.947. The lowest BCUT2D eigenvalue weighted by molar-refractivity contribution is 0.374. The Kier molecular flexibility index (Phi) is 8.22. The quantitative estimate of drug-likeness (QED) is 0.166. The maximum Gasteiger partial charge on any atom is 0.137 e. The molecule has 0 atom stereocenters. The predicted molar refractivity (Wildman–Crippen MR) is 205 cm³/mol. The summed E-state index contributed by atoms with van der Waals surface area (Å²) in [6, 6.07) is 38.9. The third kappa shape index (κ3) is 6.40. The van der Waals surface area contributed by atoms with Crippen molar-refractivity contribution in [3.8, 4) is 28.2 Å². The van der Waals surface area contributed by atoms with Gasteiger partial charge in [0, 0.05) is 51.6 Å². The SMILES string of the molecule is CC(C)(C)c1cccc(-n2c3ccccc3c3cc(-c4cncc(C(C)(C)CCC(C)(C)c5ccc(-c6ccccc6)nc5)c4)ccc32)n1. The van der Waals surface area contributed by atoms with Crippen LogP contribution in [0.2, 0.25) is 0 Å². The van der Waals surface area contributed by atoms with Crippen molar-refractivity contribution in [3.63, 3.8) is 0 Å². The zero-order chi connectivity index (χ0) is 34.4. The minimum Gasteiger partial charge on any atom is -0.294 e. The molecule has 0 amide bonds. The van der Waals surface area contributed by atoms with E-state index in [0.717, 1.165) is 52.2 Å². The number of nitrogens with zero attached hydrogens (tertiary/aromatic N) is 4. The fourth-order valence-corrected chi connectivity index (χ4v) is 6.82. The highest BCUT2D eigenvalue weighted by molar-refractivity contribution is 6.10. The summed E-state index contributed by atoms with van der Waals surface area (Å²) in [6.45, 7) is 16.0. The summed E-state index contributed by atoms with van der Waals surface area (Å²) >= 11 is 0. The van der Waals surface area contributed by atoms with E-state index in [1.165, 1.54) is 27.5 Å². The van der Waals surface area contributed by atoms with Crippen LogP contribution in [0, 0.1) is 0 Å². The topological polar surface area (TPSA) is 43.6 Å². The first-order valence-electron chi connectivity index (χ1n) is 17.4. The molecule has 0 fully saturated rings. The van der Waals surface area contributed by atoms with Crippen LogP contribution < -0.4 is 0 Å². The molecule has 0 aliphatic carbocycles.